The minimum atomic E-state index is -1.57. The highest BCUT2D eigenvalue weighted by Crippen LogP contribution is 2.40. The number of carbonyl (C=O) groups excluding carboxylic acids is 4. The molecular weight excluding hydrogens is 412 g/mol. The van der Waals surface area contributed by atoms with Gasteiger partial charge in [-0.1, -0.05) is 34.6 Å². The van der Waals surface area contributed by atoms with Crippen molar-refractivity contribution in [3.05, 3.63) is 0 Å². The van der Waals surface area contributed by atoms with E-state index in [4.69, 9.17) is 28.4 Å². The van der Waals surface area contributed by atoms with Crippen molar-refractivity contribution >= 4 is 23.9 Å². The molecule has 5 atom stereocenters. The van der Waals surface area contributed by atoms with E-state index in [1.807, 2.05) is 0 Å². The van der Waals surface area contributed by atoms with Gasteiger partial charge in [-0.2, -0.15) is 0 Å². The van der Waals surface area contributed by atoms with Crippen LogP contribution in [0.4, 0.5) is 0 Å². The van der Waals surface area contributed by atoms with Crippen LogP contribution in [0.2, 0.25) is 0 Å². The Kier molecular flexibility index (Phi) is 10.9. The molecule has 1 aliphatic rings. The Morgan fingerprint density at radius 3 is 1.84 bits per heavy atom. The number of hydrogen-bond acceptors (Lipinski definition) is 10. The van der Waals surface area contributed by atoms with E-state index in [-0.39, 0.29) is 38.7 Å². The minimum Gasteiger partial charge on any atom is -0.463 e. The lowest BCUT2D eigenvalue weighted by atomic mass is 9.83. The second-order valence-electron chi connectivity index (χ2n) is 6.99. The molecule has 0 amide bonds. The van der Waals surface area contributed by atoms with Gasteiger partial charge in [-0.25, -0.2) is 0 Å². The van der Waals surface area contributed by atoms with Crippen molar-refractivity contribution in [2.75, 3.05) is 13.7 Å². The quantitative estimate of drug-likeness (QED) is 0.344. The topological polar surface area (TPSA) is 124 Å². The highest BCUT2D eigenvalue weighted by molar-refractivity contribution is 5.72. The highest BCUT2D eigenvalue weighted by atomic mass is 16.7. The predicted octanol–water partition coefficient (Wildman–Crippen LogP) is 2.06. The summed E-state index contributed by atoms with van der Waals surface area (Å²) in [6.45, 7) is 7.90. The summed E-state index contributed by atoms with van der Waals surface area (Å²) < 4.78 is 33.5. The molecule has 0 radical (unpaired) electrons. The predicted molar refractivity (Wildman–Crippen MR) is 107 cm³/mol. The fourth-order valence-corrected chi connectivity index (χ4v) is 3.22. The van der Waals surface area contributed by atoms with E-state index in [1.54, 1.807) is 34.6 Å². The minimum absolute atomic E-state index is 0.0421. The first-order chi connectivity index (χ1) is 14.7. The molecular formula is C21H34O10. The Morgan fingerprint density at radius 1 is 0.806 bits per heavy atom. The summed E-state index contributed by atoms with van der Waals surface area (Å²) in [5, 5.41) is 0. The third-order valence-corrected chi connectivity index (χ3v) is 5.00. The number of ether oxygens (including phenoxy) is 6. The van der Waals surface area contributed by atoms with Crippen molar-refractivity contribution in [3.8, 4) is 0 Å². The monoisotopic (exact) mass is 446 g/mol. The first-order valence-corrected chi connectivity index (χ1v) is 10.7. The van der Waals surface area contributed by atoms with E-state index >= 15 is 0 Å². The van der Waals surface area contributed by atoms with E-state index < -0.39 is 54.1 Å². The zero-order valence-electron chi connectivity index (χ0n) is 19.1. The standard InChI is InChI=1S/C21H34O10/c1-7-14(22)27-12-13-18(29-15(23)8-2)19(30-16(24)9-3)21(11-5,20(26-6)28-13)31-17(25)10-4/h13,18-20H,7-12H2,1-6H3/t13-,18+,19+,20+,21?/m1/s1. The molecule has 1 fully saturated rings. The molecule has 0 aromatic rings. The average Bonchev–Trinajstić information content (AvgIpc) is 2.79. The fraction of sp³-hybridized carbons (Fsp3) is 0.810. The molecule has 0 saturated carbocycles. The number of carbonyl (C=O) groups is 4. The summed E-state index contributed by atoms with van der Waals surface area (Å²) in [5.74, 6) is -2.22. The smallest absolute Gasteiger partial charge is 0.306 e. The number of rotatable bonds is 11. The second-order valence-corrected chi connectivity index (χ2v) is 6.99. The molecule has 0 aromatic heterocycles. The summed E-state index contributed by atoms with van der Waals surface area (Å²) >= 11 is 0. The van der Waals surface area contributed by atoms with Crippen LogP contribution in [0, 0.1) is 0 Å². The maximum absolute atomic E-state index is 12.3. The molecule has 0 aliphatic carbocycles. The van der Waals surface area contributed by atoms with Crippen LogP contribution in [0.25, 0.3) is 0 Å². The van der Waals surface area contributed by atoms with E-state index in [0.717, 1.165) is 0 Å². The maximum Gasteiger partial charge on any atom is 0.306 e. The average molecular weight is 446 g/mol. The molecule has 1 saturated heterocycles. The summed E-state index contributed by atoms with van der Waals surface area (Å²) in [7, 11) is 1.35. The Morgan fingerprint density at radius 2 is 1.35 bits per heavy atom. The van der Waals surface area contributed by atoms with Crippen molar-refractivity contribution in [1.29, 1.82) is 0 Å². The normalized spacial score (nSPS) is 27.8. The van der Waals surface area contributed by atoms with E-state index in [1.165, 1.54) is 7.11 Å². The molecule has 10 heteroatoms. The third-order valence-electron chi connectivity index (χ3n) is 5.00. The summed E-state index contributed by atoms with van der Waals surface area (Å²) in [4.78, 5) is 48.4. The van der Waals surface area contributed by atoms with Gasteiger partial charge in [-0.3, -0.25) is 19.2 Å². The lowest BCUT2D eigenvalue weighted by Gasteiger charge is -2.51. The molecule has 1 aliphatic heterocycles. The van der Waals surface area contributed by atoms with Crippen LogP contribution in [0.3, 0.4) is 0 Å². The van der Waals surface area contributed by atoms with Crippen molar-refractivity contribution in [1.82, 2.24) is 0 Å². The van der Waals surface area contributed by atoms with Gasteiger partial charge in [0.2, 0.25) is 11.9 Å². The van der Waals surface area contributed by atoms with Crippen molar-refractivity contribution in [2.24, 2.45) is 0 Å². The van der Waals surface area contributed by atoms with Crippen molar-refractivity contribution < 1.29 is 47.6 Å². The Bertz CT molecular complexity index is 634. The Balaban J connectivity index is 3.50. The number of esters is 4. The van der Waals surface area contributed by atoms with Gasteiger partial charge in [0.05, 0.1) is 0 Å². The molecule has 0 aromatic carbocycles. The van der Waals surface area contributed by atoms with Gasteiger partial charge in [-0.15, -0.1) is 0 Å². The molecule has 1 unspecified atom stereocenters. The van der Waals surface area contributed by atoms with Crippen LogP contribution < -0.4 is 0 Å². The molecule has 1 heterocycles. The van der Waals surface area contributed by atoms with Crippen molar-refractivity contribution in [3.63, 3.8) is 0 Å². The van der Waals surface area contributed by atoms with Crippen LogP contribution in [-0.4, -0.2) is 67.8 Å². The fourth-order valence-electron chi connectivity index (χ4n) is 3.22. The van der Waals surface area contributed by atoms with Crippen LogP contribution in [-0.2, 0) is 47.6 Å². The Labute approximate surface area is 182 Å². The Hall–Kier alpha value is -2.20. The molecule has 1 rings (SSSR count). The summed E-state index contributed by atoms with van der Waals surface area (Å²) in [6.07, 6.45) is -4.17. The molecule has 0 spiro atoms. The first-order valence-electron chi connectivity index (χ1n) is 10.7. The molecule has 0 N–H and O–H groups in total. The van der Waals surface area contributed by atoms with Gasteiger partial charge in [0.1, 0.15) is 12.7 Å². The van der Waals surface area contributed by atoms with Gasteiger partial charge in [0, 0.05) is 32.8 Å². The van der Waals surface area contributed by atoms with E-state index in [9.17, 15) is 19.2 Å². The SMILES string of the molecule is CCC(=O)OC[C@H]1O[C@H](OC)C(CC)(OC(=O)CC)[C@@H](OC(=O)CC)[C@H]1OC(=O)CC. The van der Waals surface area contributed by atoms with Gasteiger partial charge in [0.15, 0.2) is 12.2 Å². The summed E-state index contributed by atoms with van der Waals surface area (Å²) in [6, 6.07) is 0. The summed E-state index contributed by atoms with van der Waals surface area (Å²) in [5.41, 5.74) is -1.57. The molecule has 10 nitrogen and oxygen atoms in total. The number of methoxy groups -OCH3 is 1. The maximum atomic E-state index is 12.3. The largest absolute Gasteiger partial charge is 0.463 e. The first kappa shape index (κ1) is 26.8. The third kappa shape index (κ3) is 6.64. The second kappa shape index (κ2) is 12.6. The van der Waals surface area contributed by atoms with Gasteiger partial charge in [-0.05, 0) is 6.42 Å². The van der Waals surface area contributed by atoms with E-state index in [2.05, 4.69) is 0 Å². The molecule has 178 valence electrons. The lowest BCUT2D eigenvalue weighted by Crippen LogP contribution is -2.70. The van der Waals surface area contributed by atoms with Crippen LogP contribution in [0.5, 0.6) is 0 Å². The van der Waals surface area contributed by atoms with Gasteiger partial charge < -0.3 is 28.4 Å². The van der Waals surface area contributed by atoms with Crippen LogP contribution in [0.1, 0.15) is 66.7 Å². The molecule has 31 heavy (non-hydrogen) atoms. The lowest BCUT2D eigenvalue weighted by molar-refractivity contribution is -0.341. The van der Waals surface area contributed by atoms with Crippen LogP contribution in [0.15, 0.2) is 0 Å². The molecule has 0 bridgehead atoms. The number of hydrogen-bond donors (Lipinski definition) is 0. The van der Waals surface area contributed by atoms with E-state index in [0.29, 0.717) is 0 Å². The highest BCUT2D eigenvalue weighted by Gasteiger charge is 2.62. The van der Waals surface area contributed by atoms with Crippen molar-refractivity contribution in [2.45, 2.75) is 96.9 Å². The zero-order valence-corrected chi connectivity index (χ0v) is 19.1. The van der Waals surface area contributed by atoms with Gasteiger partial charge >= 0.3 is 23.9 Å². The zero-order chi connectivity index (χ0) is 23.6. The van der Waals surface area contributed by atoms with Crippen LogP contribution >= 0.6 is 0 Å². The van der Waals surface area contributed by atoms with Gasteiger partial charge in [0.25, 0.3) is 0 Å².